The number of hydrogen-bond donors (Lipinski definition) is 1. The zero-order valence-electron chi connectivity index (χ0n) is 16.1. The largest absolute Gasteiger partial charge is 0.496 e. The van der Waals surface area contributed by atoms with Gasteiger partial charge in [0.05, 0.1) is 24.3 Å². The van der Waals surface area contributed by atoms with Crippen LogP contribution in [0.1, 0.15) is 31.4 Å². The first-order chi connectivity index (χ1) is 13.6. The summed E-state index contributed by atoms with van der Waals surface area (Å²) in [6.07, 6.45) is 4.60. The van der Waals surface area contributed by atoms with Crippen LogP contribution in [0.5, 0.6) is 5.75 Å². The van der Waals surface area contributed by atoms with Gasteiger partial charge in [-0.1, -0.05) is 15.9 Å². The maximum atomic E-state index is 12.5. The lowest BCUT2D eigenvalue weighted by Crippen LogP contribution is -2.43. The first-order valence-corrected chi connectivity index (χ1v) is 11.6. The van der Waals surface area contributed by atoms with E-state index in [0.717, 1.165) is 71.4 Å². The standard InChI is InChI=1S/C21H26BrN3O2S/c1-27-19-7-6-16(22)9-18(19)21-24-17(13-28-21)12-25-8-2-3-15(11-25)20(26)23-10-14-4-5-14/h6-7,9,13-15H,2-5,8,10-12H2,1H3,(H,23,26). The molecule has 1 unspecified atom stereocenters. The van der Waals surface area contributed by atoms with E-state index in [-0.39, 0.29) is 11.8 Å². The lowest BCUT2D eigenvalue weighted by atomic mass is 9.97. The van der Waals surface area contributed by atoms with Crippen LogP contribution in [0.25, 0.3) is 10.6 Å². The van der Waals surface area contributed by atoms with Gasteiger partial charge in [0.1, 0.15) is 10.8 Å². The first kappa shape index (κ1) is 19.9. The number of rotatable bonds is 7. The minimum atomic E-state index is 0.107. The maximum Gasteiger partial charge on any atom is 0.224 e. The summed E-state index contributed by atoms with van der Waals surface area (Å²) in [6.45, 7) is 3.50. The van der Waals surface area contributed by atoms with Crippen LogP contribution in [0.15, 0.2) is 28.1 Å². The molecule has 4 rings (SSSR count). The van der Waals surface area contributed by atoms with Crippen LogP contribution in [-0.4, -0.2) is 42.5 Å². The van der Waals surface area contributed by atoms with Gasteiger partial charge in [-0.15, -0.1) is 11.3 Å². The smallest absolute Gasteiger partial charge is 0.224 e. The molecule has 0 spiro atoms. The van der Waals surface area contributed by atoms with E-state index < -0.39 is 0 Å². The molecule has 2 aliphatic rings. The summed E-state index contributed by atoms with van der Waals surface area (Å²) in [5.74, 6) is 1.90. The number of carbonyl (C=O) groups excluding carboxylic acids is 1. The molecule has 1 aliphatic heterocycles. The van der Waals surface area contributed by atoms with Crippen molar-refractivity contribution >= 4 is 33.2 Å². The molecule has 2 aromatic rings. The number of thiazole rings is 1. The molecule has 2 fully saturated rings. The molecular formula is C21H26BrN3O2S. The van der Waals surface area contributed by atoms with Gasteiger partial charge in [-0.2, -0.15) is 0 Å². The van der Waals surface area contributed by atoms with Crippen molar-refractivity contribution in [2.24, 2.45) is 11.8 Å². The van der Waals surface area contributed by atoms with Crippen LogP contribution >= 0.6 is 27.3 Å². The highest BCUT2D eigenvalue weighted by Gasteiger charge is 2.28. The normalized spacial score (nSPS) is 20.1. The van der Waals surface area contributed by atoms with Gasteiger partial charge in [0.15, 0.2) is 0 Å². The molecule has 7 heteroatoms. The lowest BCUT2D eigenvalue weighted by molar-refractivity contribution is -0.126. The Morgan fingerprint density at radius 1 is 1.39 bits per heavy atom. The SMILES string of the molecule is COc1ccc(Br)cc1-c1nc(CN2CCCC(C(=O)NCC3CC3)C2)cs1. The van der Waals surface area contributed by atoms with Crippen molar-refractivity contribution in [2.45, 2.75) is 32.2 Å². The van der Waals surface area contributed by atoms with E-state index in [4.69, 9.17) is 9.72 Å². The van der Waals surface area contributed by atoms with Crippen LogP contribution in [0.2, 0.25) is 0 Å². The Balaban J connectivity index is 1.38. The average molecular weight is 464 g/mol. The van der Waals surface area contributed by atoms with Crippen LogP contribution < -0.4 is 10.1 Å². The predicted octanol–water partition coefficient (Wildman–Crippen LogP) is 4.32. The molecule has 1 aromatic carbocycles. The fourth-order valence-electron chi connectivity index (χ4n) is 3.70. The number of hydrogen-bond acceptors (Lipinski definition) is 5. The number of benzene rings is 1. The van der Waals surface area contributed by atoms with E-state index in [9.17, 15) is 4.79 Å². The molecule has 1 amide bonds. The summed E-state index contributed by atoms with van der Waals surface area (Å²) in [6, 6.07) is 5.97. The predicted molar refractivity (Wildman–Crippen MR) is 116 cm³/mol. The van der Waals surface area contributed by atoms with Crippen molar-refractivity contribution in [1.29, 1.82) is 0 Å². The maximum absolute atomic E-state index is 12.5. The van der Waals surface area contributed by atoms with E-state index in [1.54, 1.807) is 18.4 Å². The van der Waals surface area contributed by atoms with E-state index in [0.29, 0.717) is 0 Å². The number of ether oxygens (including phenoxy) is 1. The summed E-state index contributed by atoms with van der Waals surface area (Å²) >= 11 is 5.17. The Hall–Kier alpha value is -1.44. The lowest BCUT2D eigenvalue weighted by Gasteiger charge is -2.31. The second kappa shape index (κ2) is 8.93. The highest BCUT2D eigenvalue weighted by atomic mass is 79.9. The number of carbonyl (C=O) groups is 1. The number of methoxy groups -OCH3 is 1. The number of halogens is 1. The molecule has 1 N–H and O–H groups in total. The van der Waals surface area contributed by atoms with E-state index in [2.05, 4.69) is 31.5 Å². The quantitative estimate of drug-likeness (QED) is 0.663. The molecule has 150 valence electrons. The van der Waals surface area contributed by atoms with Gasteiger partial charge < -0.3 is 10.1 Å². The third-order valence-corrected chi connectivity index (χ3v) is 6.89. The summed E-state index contributed by atoms with van der Waals surface area (Å²) in [4.78, 5) is 19.7. The fourth-order valence-corrected chi connectivity index (χ4v) is 4.90. The molecule has 1 aliphatic carbocycles. The second-order valence-electron chi connectivity index (χ2n) is 7.75. The number of amides is 1. The number of piperidine rings is 1. The zero-order valence-corrected chi connectivity index (χ0v) is 18.5. The van der Waals surface area contributed by atoms with Gasteiger partial charge in [-0.3, -0.25) is 9.69 Å². The van der Waals surface area contributed by atoms with Gasteiger partial charge in [0.25, 0.3) is 0 Å². The zero-order chi connectivity index (χ0) is 19.5. The summed E-state index contributed by atoms with van der Waals surface area (Å²) in [5.41, 5.74) is 2.06. The van der Waals surface area contributed by atoms with Gasteiger partial charge in [0, 0.05) is 29.5 Å². The molecule has 28 heavy (non-hydrogen) atoms. The number of aromatic nitrogens is 1. The van der Waals surface area contributed by atoms with Crippen molar-refractivity contribution in [1.82, 2.24) is 15.2 Å². The highest BCUT2D eigenvalue weighted by molar-refractivity contribution is 9.10. The second-order valence-corrected chi connectivity index (χ2v) is 9.53. The molecular weight excluding hydrogens is 438 g/mol. The molecule has 0 radical (unpaired) electrons. The molecule has 1 aromatic heterocycles. The third-order valence-electron chi connectivity index (χ3n) is 5.47. The van der Waals surface area contributed by atoms with Crippen molar-refractivity contribution in [3.05, 3.63) is 33.7 Å². The molecule has 0 bridgehead atoms. The summed E-state index contributed by atoms with van der Waals surface area (Å²) < 4.78 is 6.50. The Kier molecular flexibility index (Phi) is 6.33. The third kappa shape index (κ3) is 4.93. The van der Waals surface area contributed by atoms with Crippen LogP contribution in [0.4, 0.5) is 0 Å². The van der Waals surface area contributed by atoms with Gasteiger partial charge >= 0.3 is 0 Å². The molecule has 5 nitrogen and oxygen atoms in total. The Morgan fingerprint density at radius 3 is 3.04 bits per heavy atom. The van der Waals surface area contributed by atoms with Gasteiger partial charge in [0.2, 0.25) is 5.91 Å². The molecule has 1 atom stereocenters. The van der Waals surface area contributed by atoms with Crippen LogP contribution in [0, 0.1) is 11.8 Å². The van der Waals surface area contributed by atoms with Gasteiger partial charge in [-0.05, 0) is 56.3 Å². The van der Waals surface area contributed by atoms with E-state index >= 15 is 0 Å². The molecule has 1 saturated carbocycles. The Bertz CT molecular complexity index is 837. The fraction of sp³-hybridized carbons (Fsp3) is 0.524. The highest BCUT2D eigenvalue weighted by Crippen LogP contribution is 2.35. The van der Waals surface area contributed by atoms with Crippen molar-refractivity contribution in [3.63, 3.8) is 0 Å². The molecule has 2 heterocycles. The summed E-state index contributed by atoms with van der Waals surface area (Å²) in [5, 5.41) is 6.22. The topological polar surface area (TPSA) is 54.5 Å². The monoisotopic (exact) mass is 463 g/mol. The van der Waals surface area contributed by atoms with Crippen molar-refractivity contribution in [3.8, 4) is 16.3 Å². The minimum Gasteiger partial charge on any atom is -0.496 e. The minimum absolute atomic E-state index is 0.107. The van der Waals surface area contributed by atoms with E-state index in [1.165, 1.54) is 12.8 Å². The van der Waals surface area contributed by atoms with E-state index in [1.807, 2.05) is 18.2 Å². The number of nitrogens with zero attached hydrogens (tertiary/aromatic N) is 2. The van der Waals surface area contributed by atoms with Crippen molar-refractivity contribution in [2.75, 3.05) is 26.7 Å². The van der Waals surface area contributed by atoms with Crippen LogP contribution in [0.3, 0.4) is 0 Å². The number of nitrogens with one attached hydrogen (secondary N) is 1. The molecule has 1 saturated heterocycles. The summed E-state index contributed by atoms with van der Waals surface area (Å²) in [7, 11) is 1.68. The Labute approximate surface area is 178 Å². The first-order valence-electron chi connectivity index (χ1n) is 9.90. The number of likely N-dealkylation sites (tertiary alicyclic amines) is 1. The average Bonchev–Trinajstić information content (AvgIpc) is 3.43. The van der Waals surface area contributed by atoms with Crippen LogP contribution in [-0.2, 0) is 11.3 Å². The van der Waals surface area contributed by atoms with Crippen molar-refractivity contribution < 1.29 is 9.53 Å². The Morgan fingerprint density at radius 2 is 2.25 bits per heavy atom. The van der Waals surface area contributed by atoms with Gasteiger partial charge in [-0.25, -0.2) is 4.98 Å².